The standard InChI is InChI=1S/C15H7BrClFOS/c16-11-6-13(18)9(5-12(11)17)15(19)10-7-20-14-4-2-1-3-8(10)14/h1-7H. The number of carbonyl (C=O) groups is 1. The lowest BCUT2D eigenvalue weighted by Gasteiger charge is -2.04. The summed E-state index contributed by atoms with van der Waals surface area (Å²) in [6.45, 7) is 0. The second-order valence-corrected chi connectivity index (χ2v) is 6.39. The van der Waals surface area contributed by atoms with Crippen molar-refractivity contribution in [3.8, 4) is 0 Å². The molecular formula is C15H7BrClFOS. The normalized spacial score (nSPS) is 10.9. The van der Waals surface area contributed by atoms with Crippen LogP contribution in [0.15, 0.2) is 46.3 Å². The molecule has 0 bridgehead atoms. The van der Waals surface area contributed by atoms with Crippen LogP contribution in [-0.2, 0) is 0 Å². The number of halogens is 3. The second kappa shape index (κ2) is 5.28. The number of benzene rings is 2. The van der Waals surface area contributed by atoms with Crippen molar-refractivity contribution in [1.29, 1.82) is 0 Å². The number of rotatable bonds is 2. The number of hydrogen-bond donors (Lipinski definition) is 0. The van der Waals surface area contributed by atoms with E-state index < -0.39 is 5.82 Å². The van der Waals surface area contributed by atoms with Gasteiger partial charge in [-0.3, -0.25) is 4.79 Å². The van der Waals surface area contributed by atoms with Gasteiger partial charge < -0.3 is 0 Å². The molecule has 0 N–H and O–H groups in total. The summed E-state index contributed by atoms with van der Waals surface area (Å²) in [7, 11) is 0. The van der Waals surface area contributed by atoms with Gasteiger partial charge in [-0.1, -0.05) is 29.8 Å². The third-order valence-electron chi connectivity index (χ3n) is 2.98. The molecule has 0 fully saturated rings. The Balaban J connectivity index is 2.16. The molecule has 3 aromatic rings. The van der Waals surface area contributed by atoms with Gasteiger partial charge >= 0.3 is 0 Å². The zero-order valence-corrected chi connectivity index (χ0v) is 13.2. The van der Waals surface area contributed by atoms with E-state index in [0.717, 1.165) is 10.1 Å². The average molecular weight is 370 g/mol. The molecule has 0 saturated heterocycles. The van der Waals surface area contributed by atoms with E-state index in [1.54, 1.807) is 5.38 Å². The van der Waals surface area contributed by atoms with Crippen molar-refractivity contribution < 1.29 is 9.18 Å². The highest BCUT2D eigenvalue weighted by molar-refractivity contribution is 9.10. The van der Waals surface area contributed by atoms with E-state index in [1.807, 2.05) is 24.3 Å². The minimum absolute atomic E-state index is 0.0123. The molecule has 0 aliphatic heterocycles. The van der Waals surface area contributed by atoms with E-state index in [0.29, 0.717) is 15.1 Å². The van der Waals surface area contributed by atoms with Crippen LogP contribution in [0.3, 0.4) is 0 Å². The molecule has 100 valence electrons. The first-order valence-corrected chi connectivity index (χ1v) is 7.78. The first kappa shape index (κ1) is 13.7. The first-order valence-electron chi connectivity index (χ1n) is 5.73. The molecule has 0 amide bonds. The third-order valence-corrected chi connectivity index (χ3v) is 5.14. The predicted octanol–water partition coefficient (Wildman–Crippen LogP) is 5.69. The molecule has 1 nitrogen and oxygen atoms in total. The summed E-state index contributed by atoms with van der Waals surface area (Å²) in [5.41, 5.74) is 0.490. The van der Waals surface area contributed by atoms with Gasteiger partial charge in [0.05, 0.1) is 10.6 Å². The lowest BCUT2D eigenvalue weighted by atomic mass is 10.0. The van der Waals surface area contributed by atoms with E-state index in [2.05, 4.69) is 15.9 Å². The largest absolute Gasteiger partial charge is 0.288 e. The Bertz CT molecular complexity index is 828. The van der Waals surface area contributed by atoms with Crippen LogP contribution in [0.2, 0.25) is 5.02 Å². The van der Waals surface area contributed by atoms with Crippen molar-refractivity contribution in [3.63, 3.8) is 0 Å². The molecule has 0 aliphatic carbocycles. The molecule has 1 aromatic heterocycles. The molecule has 0 atom stereocenters. The molecule has 20 heavy (non-hydrogen) atoms. The predicted molar refractivity (Wildman–Crippen MR) is 84.4 cm³/mol. The Labute approximate surface area is 132 Å². The molecule has 1 heterocycles. The monoisotopic (exact) mass is 368 g/mol. The van der Waals surface area contributed by atoms with Crippen molar-refractivity contribution in [2.75, 3.05) is 0 Å². The van der Waals surface area contributed by atoms with Gasteiger partial charge in [0.2, 0.25) is 0 Å². The molecule has 0 saturated carbocycles. The fourth-order valence-electron chi connectivity index (χ4n) is 2.00. The maximum Gasteiger partial charge on any atom is 0.197 e. The topological polar surface area (TPSA) is 17.1 Å². The van der Waals surface area contributed by atoms with Crippen molar-refractivity contribution in [3.05, 3.63) is 68.2 Å². The Morgan fingerprint density at radius 2 is 1.95 bits per heavy atom. The molecule has 3 rings (SSSR count). The van der Waals surface area contributed by atoms with Gasteiger partial charge in [-0.25, -0.2) is 4.39 Å². The van der Waals surface area contributed by atoms with E-state index in [1.165, 1.54) is 23.5 Å². The van der Waals surface area contributed by atoms with Gasteiger partial charge in [-0.15, -0.1) is 11.3 Å². The highest BCUT2D eigenvalue weighted by Gasteiger charge is 2.19. The Kier molecular flexibility index (Phi) is 3.63. The van der Waals surface area contributed by atoms with Gasteiger partial charge in [-0.2, -0.15) is 0 Å². The SMILES string of the molecule is O=C(c1cc(Cl)c(Br)cc1F)c1csc2ccccc12. The van der Waals surface area contributed by atoms with Crippen molar-refractivity contribution in [1.82, 2.24) is 0 Å². The van der Waals surface area contributed by atoms with E-state index in [-0.39, 0.29) is 11.3 Å². The fourth-order valence-corrected chi connectivity index (χ4v) is 3.42. The van der Waals surface area contributed by atoms with Crippen LogP contribution in [0.1, 0.15) is 15.9 Å². The van der Waals surface area contributed by atoms with Gasteiger partial charge in [0.25, 0.3) is 0 Å². The molecule has 2 aromatic carbocycles. The van der Waals surface area contributed by atoms with Crippen LogP contribution in [0.25, 0.3) is 10.1 Å². The lowest BCUT2D eigenvalue weighted by molar-refractivity contribution is 0.103. The summed E-state index contributed by atoms with van der Waals surface area (Å²) in [5, 5.41) is 2.90. The number of carbonyl (C=O) groups excluding carboxylic acids is 1. The van der Waals surface area contributed by atoms with Gasteiger partial charge in [0, 0.05) is 25.5 Å². The highest BCUT2D eigenvalue weighted by atomic mass is 79.9. The summed E-state index contributed by atoms with van der Waals surface area (Å²) in [6, 6.07) is 10.1. The maximum atomic E-state index is 14.0. The molecule has 0 unspecified atom stereocenters. The van der Waals surface area contributed by atoms with Crippen LogP contribution in [0, 0.1) is 5.82 Å². The average Bonchev–Trinajstić information content (AvgIpc) is 2.86. The number of ketones is 1. The van der Waals surface area contributed by atoms with E-state index in [9.17, 15) is 9.18 Å². The smallest absolute Gasteiger partial charge is 0.197 e. The third kappa shape index (κ3) is 2.28. The van der Waals surface area contributed by atoms with Gasteiger partial charge in [-0.05, 0) is 34.1 Å². The zero-order valence-electron chi connectivity index (χ0n) is 9.99. The van der Waals surface area contributed by atoms with Crippen molar-refractivity contribution in [2.24, 2.45) is 0 Å². The molecule has 5 heteroatoms. The Morgan fingerprint density at radius 3 is 2.75 bits per heavy atom. The molecular weight excluding hydrogens is 363 g/mol. The maximum absolute atomic E-state index is 14.0. The van der Waals surface area contributed by atoms with Crippen molar-refractivity contribution in [2.45, 2.75) is 0 Å². The van der Waals surface area contributed by atoms with E-state index in [4.69, 9.17) is 11.6 Å². The lowest BCUT2D eigenvalue weighted by Crippen LogP contribution is -2.03. The minimum atomic E-state index is -0.582. The van der Waals surface area contributed by atoms with E-state index >= 15 is 0 Å². The Hall–Kier alpha value is -1.23. The van der Waals surface area contributed by atoms with Gasteiger partial charge in [0.15, 0.2) is 5.78 Å². The second-order valence-electron chi connectivity index (χ2n) is 4.22. The number of hydrogen-bond acceptors (Lipinski definition) is 2. The first-order chi connectivity index (χ1) is 9.58. The van der Waals surface area contributed by atoms with Crippen LogP contribution >= 0.6 is 38.9 Å². The van der Waals surface area contributed by atoms with Crippen LogP contribution < -0.4 is 0 Å². The fraction of sp³-hybridized carbons (Fsp3) is 0. The summed E-state index contributed by atoms with van der Waals surface area (Å²) in [6.07, 6.45) is 0. The minimum Gasteiger partial charge on any atom is -0.288 e. The summed E-state index contributed by atoms with van der Waals surface area (Å²) in [5.74, 6) is -0.934. The highest BCUT2D eigenvalue weighted by Crippen LogP contribution is 2.31. The Morgan fingerprint density at radius 1 is 1.20 bits per heavy atom. The van der Waals surface area contributed by atoms with Crippen LogP contribution in [0.5, 0.6) is 0 Å². The van der Waals surface area contributed by atoms with Crippen molar-refractivity contribution >= 4 is 54.7 Å². The van der Waals surface area contributed by atoms with Crippen LogP contribution in [-0.4, -0.2) is 5.78 Å². The van der Waals surface area contributed by atoms with Crippen LogP contribution in [0.4, 0.5) is 4.39 Å². The summed E-state index contributed by atoms with van der Waals surface area (Å²) < 4.78 is 15.4. The quantitative estimate of drug-likeness (QED) is 0.419. The summed E-state index contributed by atoms with van der Waals surface area (Å²) in [4.78, 5) is 12.5. The molecule has 0 radical (unpaired) electrons. The number of thiophene rings is 1. The zero-order chi connectivity index (χ0) is 14.3. The molecule has 0 aliphatic rings. The number of fused-ring (bicyclic) bond motifs is 1. The summed E-state index contributed by atoms with van der Waals surface area (Å²) >= 11 is 10.5. The molecule has 0 spiro atoms. The van der Waals surface area contributed by atoms with Gasteiger partial charge in [0.1, 0.15) is 5.82 Å².